The van der Waals surface area contributed by atoms with E-state index >= 15 is 0 Å². The molecule has 0 radical (unpaired) electrons. The molecule has 0 unspecified atom stereocenters. The van der Waals surface area contributed by atoms with Gasteiger partial charge in [-0.2, -0.15) is 0 Å². The van der Waals surface area contributed by atoms with E-state index in [2.05, 4.69) is 30.0 Å². The monoisotopic (exact) mass is 285 g/mol. The SMILES string of the molecule is CN1CCC(N(C)c2nc3ccccc3cc2CO)CC1. The lowest BCUT2D eigenvalue weighted by Crippen LogP contribution is -2.42. The minimum Gasteiger partial charge on any atom is -0.392 e. The summed E-state index contributed by atoms with van der Waals surface area (Å²) in [4.78, 5) is 9.41. The van der Waals surface area contributed by atoms with Crippen LogP contribution in [0.1, 0.15) is 18.4 Å². The van der Waals surface area contributed by atoms with Crippen LogP contribution in [-0.4, -0.2) is 48.2 Å². The molecule has 2 heterocycles. The predicted molar refractivity (Wildman–Crippen MR) is 86.6 cm³/mol. The number of hydrogen-bond donors (Lipinski definition) is 1. The molecule has 4 nitrogen and oxygen atoms in total. The molecule has 1 aromatic carbocycles. The second-order valence-corrected chi connectivity index (χ2v) is 5.97. The summed E-state index contributed by atoms with van der Waals surface area (Å²) in [5.74, 6) is 0.922. The van der Waals surface area contributed by atoms with E-state index in [9.17, 15) is 5.11 Å². The number of likely N-dealkylation sites (tertiary alicyclic amines) is 1. The van der Waals surface area contributed by atoms with Crippen LogP contribution < -0.4 is 4.90 Å². The smallest absolute Gasteiger partial charge is 0.134 e. The Bertz CT molecular complexity index is 620. The summed E-state index contributed by atoms with van der Waals surface area (Å²) in [6, 6.07) is 10.6. The van der Waals surface area contributed by atoms with Gasteiger partial charge in [-0.15, -0.1) is 0 Å². The third-order valence-electron chi connectivity index (χ3n) is 4.52. The number of piperidine rings is 1. The van der Waals surface area contributed by atoms with Crippen LogP contribution in [0.4, 0.5) is 5.82 Å². The number of anilines is 1. The summed E-state index contributed by atoms with van der Waals surface area (Å²) < 4.78 is 0. The van der Waals surface area contributed by atoms with Crippen molar-refractivity contribution in [1.82, 2.24) is 9.88 Å². The van der Waals surface area contributed by atoms with Crippen molar-refractivity contribution < 1.29 is 5.11 Å². The number of aliphatic hydroxyl groups excluding tert-OH is 1. The van der Waals surface area contributed by atoms with Crippen molar-refractivity contribution >= 4 is 16.7 Å². The van der Waals surface area contributed by atoms with Gasteiger partial charge in [0.25, 0.3) is 0 Å². The Morgan fingerprint density at radius 1 is 1.29 bits per heavy atom. The minimum atomic E-state index is 0.0319. The van der Waals surface area contributed by atoms with E-state index in [0.29, 0.717) is 6.04 Å². The number of benzene rings is 1. The molecule has 4 heteroatoms. The Labute approximate surface area is 126 Å². The largest absolute Gasteiger partial charge is 0.392 e. The van der Waals surface area contributed by atoms with E-state index < -0.39 is 0 Å². The minimum absolute atomic E-state index is 0.0319. The van der Waals surface area contributed by atoms with Gasteiger partial charge in [0, 0.05) is 24.0 Å². The summed E-state index contributed by atoms with van der Waals surface area (Å²) in [5, 5.41) is 10.8. The summed E-state index contributed by atoms with van der Waals surface area (Å²) in [7, 11) is 4.27. The van der Waals surface area contributed by atoms with Gasteiger partial charge in [-0.1, -0.05) is 18.2 Å². The molecule has 1 aliphatic heterocycles. The number of para-hydroxylation sites is 1. The highest BCUT2D eigenvalue weighted by atomic mass is 16.3. The zero-order chi connectivity index (χ0) is 14.8. The zero-order valence-corrected chi connectivity index (χ0v) is 12.8. The first kappa shape index (κ1) is 14.3. The third kappa shape index (κ3) is 2.87. The normalized spacial score (nSPS) is 17.3. The molecule has 0 bridgehead atoms. The van der Waals surface area contributed by atoms with Gasteiger partial charge in [-0.05, 0) is 45.1 Å². The van der Waals surface area contributed by atoms with Gasteiger partial charge in [-0.25, -0.2) is 4.98 Å². The first-order valence-corrected chi connectivity index (χ1v) is 7.60. The molecule has 1 aromatic heterocycles. The van der Waals surface area contributed by atoms with Crippen molar-refractivity contribution in [3.63, 3.8) is 0 Å². The lowest BCUT2D eigenvalue weighted by atomic mass is 10.0. The number of nitrogens with zero attached hydrogens (tertiary/aromatic N) is 3. The third-order valence-corrected chi connectivity index (χ3v) is 4.52. The van der Waals surface area contributed by atoms with Gasteiger partial charge in [0.1, 0.15) is 5.82 Å². The molecule has 0 atom stereocenters. The number of pyridine rings is 1. The number of aliphatic hydroxyl groups is 1. The average molecular weight is 285 g/mol. The Kier molecular flexibility index (Phi) is 4.08. The first-order valence-electron chi connectivity index (χ1n) is 7.60. The Morgan fingerprint density at radius 2 is 2.00 bits per heavy atom. The zero-order valence-electron chi connectivity index (χ0n) is 12.8. The van der Waals surface area contributed by atoms with Crippen LogP contribution in [0.3, 0.4) is 0 Å². The van der Waals surface area contributed by atoms with E-state index in [0.717, 1.165) is 48.2 Å². The fourth-order valence-corrected chi connectivity index (χ4v) is 3.13. The number of aromatic nitrogens is 1. The van der Waals surface area contributed by atoms with Gasteiger partial charge in [0.15, 0.2) is 0 Å². The lowest BCUT2D eigenvalue weighted by Gasteiger charge is -2.36. The van der Waals surface area contributed by atoms with E-state index in [1.54, 1.807) is 0 Å². The van der Waals surface area contributed by atoms with Crippen LogP contribution in [0, 0.1) is 0 Å². The van der Waals surface area contributed by atoms with Gasteiger partial charge < -0.3 is 14.9 Å². The van der Waals surface area contributed by atoms with Crippen molar-refractivity contribution in [2.45, 2.75) is 25.5 Å². The van der Waals surface area contributed by atoms with Crippen molar-refractivity contribution in [2.75, 3.05) is 32.1 Å². The molecule has 21 heavy (non-hydrogen) atoms. The second-order valence-electron chi connectivity index (χ2n) is 5.97. The summed E-state index contributed by atoms with van der Waals surface area (Å²) in [5.41, 5.74) is 1.90. The maximum Gasteiger partial charge on any atom is 0.134 e. The highest BCUT2D eigenvalue weighted by molar-refractivity contribution is 5.81. The molecule has 2 aromatic rings. The van der Waals surface area contributed by atoms with Crippen LogP contribution in [-0.2, 0) is 6.61 Å². The number of rotatable bonds is 3. The lowest BCUT2D eigenvalue weighted by molar-refractivity contribution is 0.251. The molecule has 3 rings (SSSR count). The standard InChI is InChI=1S/C17H23N3O/c1-19-9-7-15(8-10-19)20(2)17-14(12-21)11-13-5-3-4-6-16(13)18-17/h3-6,11,15,21H,7-10,12H2,1-2H3. The Balaban J connectivity index is 1.94. The molecule has 1 fully saturated rings. The van der Waals surface area contributed by atoms with E-state index in [-0.39, 0.29) is 6.61 Å². The van der Waals surface area contributed by atoms with Crippen molar-refractivity contribution in [3.05, 3.63) is 35.9 Å². The van der Waals surface area contributed by atoms with E-state index in [4.69, 9.17) is 4.98 Å². The maximum absolute atomic E-state index is 9.69. The van der Waals surface area contributed by atoms with Crippen molar-refractivity contribution in [2.24, 2.45) is 0 Å². The van der Waals surface area contributed by atoms with Crippen LogP contribution in [0.5, 0.6) is 0 Å². The van der Waals surface area contributed by atoms with Gasteiger partial charge in [-0.3, -0.25) is 0 Å². The fraction of sp³-hybridized carbons (Fsp3) is 0.471. The first-order chi connectivity index (χ1) is 10.2. The summed E-state index contributed by atoms with van der Waals surface area (Å²) in [6.07, 6.45) is 2.29. The Morgan fingerprint density at radius 3 is 2.71 bits per heavy atom. The number of fused-ring (bicyclic) bond motifs is 1. The molecular weight excluding hydrogens is 262 g/mol. The average Bonchev–Trinajstić information content (AvgIpc) is 2.53. The van der Waals surface area contributed by atoms with Crippen LogP contribution in [0.2, 0.25) is 0 Å². The summed E-state index contributed by atoms with van der Waals surface area (Å²) in [6.45, 7) is 2.28. The van der Waals surface area contributed by atoms with E-state index in [1.165, 1.54) is 0 Å². The molecule has 0 aliphatic carbocycles. The van der Waals surface area contributed by atoms with Gasteiger partial charge in [0.05, 0.1) is 12.1 Å². The topological polar surface area (TPSA) is 39.6 Å². The second kappa shape index (κ2) is 6.00. The maximum atomic E-state index is 9.69. The van der Waals surface area contributed by atoms with Gasteiger partial charge in [0.2, 0.25) is 0 Å². The molecule has 1 N–H and O–H groups in total. The highest BCUT2D eigenvalue weighted by Gasteiger charge is 2.23. The predicted octanol–water partition coefficient (Wildman–Crippen LogP) is 2.26. The Hall–Kier alpha value is -1.65. The van der Waals surface area contributed by atoms with Crippen molar-refractivity contribution in [3.8, 4) is 0 Å². The quantitative estimate of drug-likeness (QED) is 0.939. The van der Waals surface area contributed by atoms with Gasteiger partial charge >= 0.3 is 0 Å². The molecule has 0 amide bonds. The molecule has 0 saturated carbocycles. The molecule has 1 saturated heterocycles. The van der Waals surface area contributed by atoms with Crippen LogP contribution >= 0.6 is 0 Å². The highest BCUT2D eigenvalue weighted by Crippen LogP contribution is 2.27. The molecule has 112 valence electrons. The van der Waals surface area contributed by atoms with Crippen LogP contribution in [0.25, 0.3) is 10.9 Å². The number of hydrogen-bond acceptors (Lipinski definition) is 4. The van der Waals surface area contributed by atoms with Crippen molar-refractivity contribution in [1.29, 1.82) is 0 Å². The molecular formula is C17H23N3O. The van der Waals surface area contributed by atoms with E-state index in [1.807, 2.05) is 24.3 Å². The van der Waals surface area contributed by atoms with Crippen LogP contribution in [0.15, 0.2) is 30.3 Å². The molecule has 1 aliphatic rings. The summed E-state index contributed by atoms with van der Waals surface area (Å²) >= 11 is 0. The molecule has 0 spiro atoms. The fourth-order valence-electron chi connectivity index (χ4n) is 3.13.